The normalized spacial score (nSPS) is 21.5. The topological polar surface area (TPSA) is 210 Å². The molecular formula is C28H33N9O8. The van der Waals surface area contributed by atoms with Gasteiger partial charge in [-0.25, -0.2) is 15.2 Å². The molecule has 2 amide bonds. The van der Waals surface area contributed by atoms with Gasteiger partial charge >= 0.3 is 23.9 Å². The number of fused-ring (bicyclic) bond motifs is 1. The van der Waals surface area contributed by atoms with Crippen molar-refractivity contribution in [3.8, 4) is 0 Å². The van der Waals surface area contributed by atoms with Crippen LogP contribution in [0.15, 0.2) is 47.0 Å². The van der Waals surface area contributed by atoms with Gasteiger partial charge in [-0.3, -0.25) is 19.0 Å². The number of para-hydroxylation sites is 1. The monoisotopic (exact) mass is 623 g/mol. The first-order chi connectivity index (χ1) is 21.7. The van der Waals surface area contributed by atoms with Crippen LogP contribution >= 0.6 is 0 Å². The number of rotatable bonds is 10. The minimum Gasteiger partial charge on any atom is -0.463 e. The molecule has 2 aliphatic rings. The Hall–Kier alpha value is -5.19. The Morgan fingerprint density at radius 3 is 2.38 bits per heavy atom. The van der Waals surface area contributed by atoms with Gasteiger partial charge in [0.05, 0.1) is 6.33 Å². The average Bonchev–Trinajstić information content (AvgIpc) is 3.72. The lowest BCUT2D eigenvalue weighted by Gasteiger charge is -2.23. The van der Waals surface area contributed by atoms with Crippen LogP contribution in [-0.4, -0.2) is 74.4 Å². The molecule has 2 aromatic heterocycles. The fraction of sp³-hybridized carbons (Fsp3) is 0.464. The second-order valence-corrected chi connectivity index (χ2v) is 10.5. The fourth-order valence-electron chi connectivity index (χ4n) is 5.21. The SMILES string of the molecule is CC(=O)OC[C@H]1O[C@@H](n2cnc3c(NC4CCCC4)nc(/N=N/NC(=O)Nc4ccccc4)nc32)[C@H](OC(C)=O)[C@@H]1OC(C)=O. The number of hydrogen-bond acceptors (Lipinski definition) is 14. The summed E-state index contributed by atoms with van der Waals surface area (Å²) in [6.45, 7) is 3.37. The zero-order valence-electron chi connectivity index (χ0n) is 24.8. The van der Waals surface area contributed by atoms with E-state index >= 15 is 0 Å². The number of nitrogens with zero attached hydrogens (tertiary/aromatic N) is 6. The third-order valence-electron chi connectivity index (χ3n) is 7.04. The number of esters is 3. The van der Waals surface area contributed by atoms with Gasteiger partial charge in [-0.2, -0.15) is 9.97 Å². The fourth-order valence-corrected chi connectivity index (χ4v) is 5.21. The average molecular weight is 624 g/mol. The number of imidazole rings is 1. The van der Waals surface area contributed by atoms with Gasteiger partial charge in [0.15, 0.2) is 35.4 Å². The van der Waals surface area contributed by atoms with E-state index in [2.05, 4.69) is 41.3 Å². The largest absolute Gasteiger partial charge is 0.463 e. The first-order valence-electron chi connectivity index (χ1n) is 14.3. The molecule has 0 unspecified atom stereocenters. The van der Waals surface area contributed by atoms with Crippen molar-refractivity contribution in [1.82, 2.24) is 24.9 Å². The van der Waals surface area contributed by atoms with E-state index in [9.17, 15) is 19.2 Å². The van der Waals surface area contributed by atoms with Crippen LogP contribution in [0.1, 0.15) is 52.7 Å². The third kappa shape index (κ3) is 7.86. The van der Waals surface area contributed by atoms with Crippen LogP contribution in [0.2, 0.25) is 0 Å². The van der Waals surface area contributed by atoms with Crippen LogP contribution < -0.4 is 16.1 Å². The first kappa shape index (κ1) is 31.2. The van der Waals surface area contributed by atoms with Crippen molar-refractivity contribution in [2.24, 2.45) is 10.3 Å². The van der Waals surface area contributed by atoms with Gasteiger partial charge in [0.25, 0.3) is 5.95 Å². The van der Waals surface area contributed by atoms with Crippen LogP contribution in [0.25, 0.3) is 11.2 Å². The van der Waals surface area contributed by atoms with Gasteiger partial charge < -0.3 is 29.6 Å². The van der Waals surface area contributed by atoms with E-state index in [0.29, 0.717) is 17.0 Å². The molecular weight excluding hydrogens is 590 g/mol. The first-order valence-corrected chi connectivity index (χ1v) is 14.3. The summed E-state index contributed by atoms with van der Waals surface area (Å²) in [5.74, 6) is -1.61. The highest BCUT2D eigenvalue weighted by molar-refractivity contribution is 5.88. The van der Waals surface area contributed by atoms with Crippen LogP contribution in [0.4, 0.5) is 22.2 Å². The van der Waals surface area contributed by atoms with Gasteiger partial charge in [-0.15, -0.1) is 0 Å². The molecule has 1 aliphatic heterocycles. The van der Waals surface area contributed by atoms with E-state index < -0.39 is 48.5 Å². The molecule has 238 valence electrons. The van der Waals surface area contributed by atoms with E-state index in [1.54, 1.807) is 24.3 Å². The van der Waals surface area contributed by atoms with Crippen LogP contribution in [-0.2, 0) is 33.3 Å². The number of amides is 2. The number of aromatic nitrogens is 4. The Morgan fingerprint density at radius 2 is 1.69 bits per heavy atom. The number of nitrogens with one attached hydrogen (secondary N) is 3. The van der Waals surface area contributed by atoms with Gasteiger partial charge in [0, 0.05) is 32.5 Å². The summed E-state index contributed by atoms with van der Waals surface area (Å²) >= 11 is 0. The highest BCUT2D eigenvalue weighted by Gasteiger charge is 2.51. The molecule has 2 fully saturated rings. The minimum atomic E-state index is -1.15. The predicted molar refractivity (Wildman–Crippen MR) is 156 cm³/mol. The molecule has 3 heterocycles. The van der Waals surface area contributed by atoms with Gasteiger partial charge in [-0.05, 0) is 25.0 Å². The standard InChI is InChI=1S/C28H33N9O8/c1-15(38)42-13-20-22(43-16(2)39)23(44-17(3)40)26(45-20)37-14-29-21-24(30-18-11-7-8-12-18)32-27(33-25(21)37)34-36-35-28(41)31-19-9-5-4-6-10-19/h4-6,9-10,14,18,20,22-23,26H,7-8,11-13H2,1-3H3,(H3,30,31,32,33,34,35,41)/t20-,22-,23-,26-/m1/s1. The zero-order valence-corrected chi connectivity index (χ0v) is 24.8. The molecule has 17 nitrogen and oxygen atoms in total. The van der Waals surface area contributed by atoms with Crippen molar-refractivity contribution in [2.45, 2.75) is 77.0 Å². The summed E-state index contributed by atoms with van der Waals surface area (Å²) in [6.07, 6.45) is 1.08. The van der Waals surface area contributed by atoms with Gasteiger partial charge in [0.1, 0.15) is 12.7 Å². The lowest BCUT2D eigenvalue weighted by atomic mass is 10.1. The number of hydrogen-bond donors (Lipinski definition) is 3. The Labute approximate surface area is 257 Å². The van der Waals surface area contributed by atoms with Crippen molar-refractivity contribution in [3.63, 3.8) is 0 Å². The summed E-state index contributed by atoms with van der Waals surface area (Å²) < 4.78 is 23.8. The zero-order chi connectivity index (χ0) is 31.9. The maximum absolute atomic E-state index is 12.3. The Bertz CT molecular complexity index is 1570. The van der Waals surface area contributed by atoms with Crippen LogP contribution in [0.5, 0.6) is 0 Å². The quantitative estimate of drug-likeness (QED) is 0.129. The van der Waals surface area contributed by atoms with Gasteiger partial charge in [-0.1, -0.05) is 41.4 Å². The summed E-state index contributed by atoms with van der Waals surface area (Å²) in [7, 11) is 0. The second-order valence-electron chi connectivity index (χ2n) is 10.5. The number of ether oxygens (including phenoxy) is 4. The number of carbonyl (C=O) groups is 4. The smallest absolute Gasteiger partial charge is 0.341 e. The van der Waals surface area contributed by atoms with E-state index in [0.717, 1.165) is 25.7 Å². The minimum absolute atomic E-state index is 0.111. The lowest BCUT2D eigenvalue weighted by Crippen LogP contribution is -2.40. The highest BCUT2D eigenvalue weighted by atomic mass is 16.7. The maximum Gasteiger partial charge on any atom is 0.341 e. The number of carbonyl (C=O) groups excluding carboxylic acids is 4. The Morgan fingerprint density at radius 1 is 0.978 bits per heavy atom. The number of benzene rings is 1. The lowest BCUT2D eigenvalue weighted by molar-refractivity contribution is -0.166. The number of urea groups is 1. The van der Waals surface area contributed by atoms with Gasteiger partial charge in [0.2, 0.25) is 0 Å². The van der Waals surface area contributed by atoms with Crippen LogP contribution in [0, 0.1) is 0 Å². The molecule has 17 heteroatoms. The molecule has 4 atom stereocenters. The van der Waals surface area contributed by atoms with E-state index in [-0.39, 0.29) is 24.2 Å². The van der Waals surface area contributed by atoms with Crippen molar-refractivity contribution in [3.05, 3.63) is 36.7 Å². The predicted octanol–water partition coefficient (Wildman–Crippen LogP) is 3.33. The summed E-state index contributed by atoms with van der Waals surface area (Å²) in [4.78, 5) is 61.5. The van der Waals surface area contributed by atoms with Crippen molar-refractivity contribution >= 4 is 52.6 Å². The van der Waals surface area contributed by atoms with E-state index in [1.807, 2.05) is 6.07 Å². The molecule has 1 aromatic carbocycles. The molecule has 1 saturated carbocycles. The van der Waals surface area contributed by atoms with E-state index in [1.165, 1.54) is 31.7 Å². The van der Waals surface area contributed by atoms with E-state index in [4.69, 9.17) is 18.9 Å². The third-order valence-corrected chi connectivity index (χ3v) is 7.04. The molecule has 45 heavy (non-hydrogen) atoms. The molecule has 5 rings (SSSR count). The Kier molecular flexibility index (Phi) is 9.76. The summed E-state index contributed by atoms with van der Waals surface area (Å²) in [6, 6.07) is 8.31. The van der Waals surface area contributed by atoms with Crippen molar-refractivity contribution in [2.75, 3.05) is 17.2 Å². The second kappa shape index (κ2) is 14.1. The highest BCUT2D eigenvalue weighted by Crippen LogP contribution is 2.37. The molecule has 0 bridgehead atoms. The number of anilines is 2. The Balaban J connectivity index is 1.48. The molecule has 1 saturated heterocycles. The van der Waals surface area contributed by atoms with Crippen molar-refractivity contribution < 1.29 is 38.1 Å². The molecule has 0 radical (unpaired) electrons. The maximum atomic E-state index is 12.3. The summed E-state index contributed by atoms with van der Waals surface area (Å²) in [5.41, 5.74) is 3.44. The molecule has 1 aliphatic carbocycles. The van der Waals surface area contributed by atoms with Crippen LogP contribution in [0.3, 0.4) is 0 Å². The van der Waals surface area contributed by atoms with Crippen molar-refractivity contribution in [1.29, 1.82) is 0 Å². The molecule has 3 aromatic rings. The molecule has 0 spiro atoms. The molecule has 3 N–H and O–H groups in total. The summed E-state index contributed by atoms with van der Waals surface area (Å²) in [5, 5.41) is 13.8.